The third-order valence-electron chi connectivity index (χ3n) is 6.49. The second-order valence-electron chi connectivity index (χ2n) is 9.14. The number of imidazole rings is 1. The van der Waals surface area contributed by atoms with Gasteiger partial charge in [-0.3, -0.25) is 4.98 Å². The van der Waals surface area contributed by atoms with E-state index in [-0.39, 0.29) is 17.7 Å². The molecule has 0 aliphatic rings. The van der Waals surface area contributed by atoms with Gasteiger partial charge in [0.1, 0.15) is 24.0 Å². The minimum Gasteiger partial charge on any atom is -0.489 e. The topological polar surface area (TPSA) is 110 Å². The van der Waals surface area contributed by atoms with E-state index in [0.717, 1.165) is 33.7 Å². The van der Waals surface area contributed by atoms with Gasteiger partial charge in [0.05, 0.1) is 40.5 Å². The molecule has 5 rings (SSSR count). The van der Waals surface area contributed by atoms with E-state index in [1.165, 1.54) is 6.07 Å². The summed E-state index contributed by atoms with van der Waals surface area (Å²) in [6.07, 6.45) is 2.30. The number of halogens is 1. The van der Waals surface area contributed by atoms with Gasteiger partial charge in [-0.1, -0.05) is 24.3 Å². The van der Waals surface area contributed by atoms with Crippen molar-refractivity contribution in [3.8, 4) is 23.1 Å². The molecular formula is C31H25FN4O4. The molecule has 2 aromatic heterocycles. The molecule has 1 N–H and O–H groups in total. The van der Waals surface area contributed by atoms with Crippen LogP contribution in [0.25, 0.3) is 22.3 Å². The highest BCUT2D eigenvalue weighted by molar-refractivity contribution is 5.92. The Morgan fingerprint density at radius 2 is 1.98 bits per heavy atom. The minimum atomic E-state index is -0.987. The maximum Gasteiger partial charge on any atom is 0.335 e. The molecule has 0 amide bonds. The lowest BCUT2D eigenvalue weighted by molar-refractivity contribution is 0.0697. The van der Waals surface area contributed by atoms with Crippen LogP contribution < -0.4 is 4.74 Å². The number of carboxylic acids is 1. The highest BCUT2D eigenvalue weighted by Crippen LogP contribution is 2.25. The van der Waals surface area contributed by atoms with Gasteiger partial charge in [0.2, 0.25) is 0 Å². The highest BCUT2D eigenvalue weighted by atomic mass is 19.1. The molecule has 40 heavy (non-hydrogen) atoms. The fourth-order valence-electron chi connectivity index (χ4n) is 4.40. The van der Waals surface area contributed by atoms with Crippen LogP contribution in [0.15, 0.2) is 79.0 Å². The third kappa shape index (κ3) is 5.82. The molecule has 0 saturated carbocycles. The lowest BCUT2D eigenvalue weighted by Crippen LogP contribution is -2.09. The third-order valence-corrected chi connectivity index (χ3v) is 6.49. The number of fused-ring (bicyclic) bond motifs is 1. The van der Waals surface area contributed by atoms with Crippen LogP contribution >= 0.6 is 0 Å². The van der Waals surface area contributed by atoms with Crippen LogP contribution in [-0.4, -0.2) is 39.3 Å². The van der Waals surface area contributed by atoms with E-state index in [1.807, 2.05) is 41.0 Å². The van der Waals surface area contributed by atoms with Gasteiger partial charge in [0.25, 0.3) is 0 Å². The molecule has 9 heteroatoms. The van der Waals surface area contributed by atoms with Gasteiger partial charge in [0.15, 0.2) is 0 Å². The highest BCUT2D eigenvalue weighted by Gasteiger charge is 2.14. The Balaban J connectivity index is 1.33. The Morgan fingerprint density at radius 3 is 2.70 bits per heavy atom. The quantitative estimate of drug-likeness (QED) is 0.247. The van der Waals surface area contributed by atoms with Crippen LogP contribution in [0.1, 0.15) is 32.9 Å². The summed E-state index contributed by atoms with van der Waals surface area (Å²) in [5.74, 6) is -0.113. The van der Waals surface area contributed by atoms with Crippen LogP contribution in [0.2, 0.25) is 0 Å². The summed E-state index contributed by atoms with van der Waals surface area (Å²) in [7, 11) is 1.62. The van der Waals surface area contributed by atoms with Crippen LogP contribution in [0, 0.1) is 17.1 Å². The fourth-order valence-corrected chi connectivity index (χ4v) is 4.40. The second-order valence-corrected chi connectivity index (χ2v) is 9.14. The van der Waals surface area contributed by atoms with Gasteiger partial charge < -0.3 is 19.1 Å². The zero-order valence-electron chi connectivity index (χ0n) is 21.7. The van der Waals surface area contributed by atoms with Gasteiger partial charge in [-0.15, -0.1) is 0 Å². The van der Waals surface area contributed by atoms with Gasteiger partial charge >= 0.3 is 5.97 Å². The smallest absolute Gasteiger partial charge is 0.335 e. The molecule has 0 radical (unpaired) electrons. The molecule has 0 aliphatic heterocycles. The van der Waals surface area contributed by atoms with E-state index in [0.29, 0.717) is 30.9 Å². The number of rotatable bonds is 10. The molecule has 0 unspecified atom stereocenters. The number of benzene rings is 3. The average Bonchev–Trinajstić information content (AvgIpc) is 3.31. The fraction of sp³-hybridized carbons (Fsp3) is 0.161. The van der Waals surface area contributed by atoms with Crippen molar-refractivity contribution in [3.05, 3.63) is 113 Å². The van der Waals surface area contributed by atoms with E-state index >= 15 is 0 Å². The van der Waals surface area contributed by atoms with Crippen molar-refractivity contribution >= 4 is 17.0 Å². The van der Waals surface area contributed by atoms with Crippen LogP contribution in [-0.2, 0) is 24.3 Å². The Morgan fingerprint density at radius 1 is 1.10 bits per heavy atom. The largest absolute Gasteiger partial charge is 0.489 e. The predicted octanol–water partition coefficient (Wildman–Crippen LogP) is 5.62. The number of methoxy groups -OCH3 is 1. The van der Waals surface area contributed by atoms with E-state index in [4.69, 9.17) is 19.7 Å². The first-order valence-electron chi connectivity index (χ1n) is 12.5. The second kappa shape index (κ2) is 11.8. The van der Waals surface area contributed by atoms with Crippen molar-refractivity contribution in [1.82, 2.24) is 14.5 Å². The first-order chi connectivity index (χ1) is 19.4. The summed E-state index contributed by atoms with van der Waals surface area (Å²) >= 11 is 0. The van der Waals surface area contributed by atoms with Crippen molar-refractivity contribution in [3.63, 3.8) is 0 Å². The van der Waals surface area contributed by atoms with Crippen molar-refractivity contribution in [2.75, 3.05) is 13.7 Å². The number of carbonyl (C=O) groups is 1. The van der Waals surface area contributed by atoms with Crippen molar-refractivity contribution < 1.29 is 23.8 Å². The summed E-state index contributed by atoms with van der Waals surface area (Å²) in [6, 6.07) is 22.4. The zero-order valence-corrected chi connectivity index (χ0v) is 21.7. The van der Waals surface area contributed by atoms with Crippen molar-refractivity contribution in [2.24, 2.45) is 0 Å². The Labute approximate surface area is 229 Å². The molecule has 5 aromatic rings. The Hall–Kier alpha value is -5.07. The lowest BCUT2D eigenvalue weighted by atomic mass is 10.1. The maximum absolute atomic E-state index is 14.2. The van der Waals surface area contributed by atoms with Crippen LogP contribution in [0.4, 0.5) is 4.39 Å². The summed E-state index contributed by atoms with van der Waals surface area (Å²) in [4.78, 5) is 20.9. The van der Waals surface area contributed by atoms with Crippen LogP contribution in [0.5, 0.6) is 5.75 Å². The van der Waals surface area contributed by atoms with Gasteiger partial charge in [-0.2, -0.15) is 5.26 Å². The first-order valence-corrected chi connectivity index (χ1v) is 12.5. The number of hydrogen-bond acceptors (Lipinski definition) is 6. The number of carboxylic acid groups (broad SMARTS) is 1. The monoisotopic (exact) mass is 536 g/mol. The van der Waals surface area contributed by atoms with Gasteiger partial charge in [0, 0.05) is 37.4 Å². The lowest BCUT2D eigenvalue weighted by Gasteiger charge is -2.10. The number of hydrogen-bond donors (Lipinski definition) is 1. The molecule has 2 heterocycles. The first kappa shape index (κ1) is 26.5. The molecule has 200 valence electrons. The number of aromatic nitrogens is 3. The summed E-state index contributed by atoms with van der Waals surface area (Å²) in [6.45, 7) is 1.03. The van der Waals surface area contributed by atoms with E-state index in [9.17, 15) is 14.3 Å². The van der Waals surface area contributed by atoms with Gasteiger partial charge in [-0.25, -0.2) is 14.2 Å². The van der Waals surface area contributed by atoms with Gasteiger partial charge in [-0.05, 0) is 54.1 Å². The summed E-state index contributed by atoms with van der Waals surface area (Å²) in [5, 5.41) is 18.3. The van der Waals surface area contributed by atoms with E-state index in [1.54, 1.807) is 49.7 Å². The number of nitriles is 1. The Bertz CT molecular complexity index is 1720. The summed E-state index contributed by atoms with van der Waals surface area (Å²) in [5.41, 5.74) is 4.83. The molecule has 0 atom stereocenters. The number of aromatic carboxylic acids is 1. The number of pyridine rings is 1. The molecule has 0 bridgehead atoms. The van der Waals surface area contributed by atoms with Crippen molar-refractivity contribution in [2.45, 2.75) is 19.6 Å². The average molecular weight is 537 g/mol. The molecule has 0 saturated heterocycles. The summed E-state index contributed by atoms with van der Waals surface area (Å²) < 4.78 is 27.2. The molecule has 0 aliphatic carbocycles. The van der Waals surface area contributed by atoms with E-state index in [2.05, 4.69) is 4.98 Å². The van der Waals surface area contributed by atoms with Crippen molar-refractivity contribution in [1.29, 1.82) is 5.26 Å². The molecule has 0 fully saturated rings. The minimum absolute atomic E-state index is 0.0331. The predicted molar refractivity (Wildman–Crippen MR) is 146 cm³/mol. The number of ether oxygens (including phenoxy) is 2. The molecule has 3 aromatic carbocycles. The number of nitrogens with zero attached hydrogens (tertiary/aromatic N) is 4. The Kier molecular flexibility index (Phi) is 7.80. The standard InChI is InChI=1S/C31H25FN4O4/c1-39-12-11-36-29-16-23(31(37)38)8-10-28(29)35-30(36)14-21-6-9-27(34-18-21)22-3-2-4-25(15-22)40-19-24-7-5-20(17-33)13-26(24)32/h2-10,13,15-16,18H,11-12,14,19H2,1H3,(H,37,38). The maximum atomic E-state index is 14.2. The zero-order chi connectivity index (χ0) is 28.1. The molecule has 8 nitrogen and oxygen atoms in total. The van der Waals surface area contributed by atoms with Crippen LogP contribution in [0.3, 0.4) is 0 Å². The van der Waals surface area contributed by atoms with E-state index < -0.39 is 11.8 Å². The molecular weight excluding hydrogens is 511 g/mol. The normalized spacial score (nSPS) is 10.9. The molecule has 0 spiro atoms. The SMILES string of the molecule is COCCn1c(Cc2ccc(-c3cccc(OCc4ccc(C#N)cc4F)c3)nc2)nc2ccc(C(=O)O)cc21.